The molecule has 0 aromatic rings. The van der Waals surface area contributed by atoms with Crippen molar-refractivity contribution in [3.8, 4) is 0 Å². The topological polar surface area (TPSA) is 108 Å². The second kappa shape index (κ2) is 11.6. The third-order valence-corrected chi connectivity index (χ3v) is 3.68. The Kier molecular flexibility index (Phi) is 14.3. The number of aliphatic imine (C=N–C) groups is 1. The summed E-state index contributed by atoms with van der Waals surface area (Å²) in [6.07, 6.45) is 3.20. The number of nitrogens with two attached hydrogens (primary N) is 2. The van der Waals surface area contributed by atoms with Gasteiger partial charge in [-0.25, -0.2) is 4.99 Å². The molecule has 1 rings (SSSR count). The molecule has 1 saturated carbocycles. The molecule has 5 unspecified atom stereocenters. The quantitative estimate of drug-likeness (QED) is 0.298. The summed E-state index contributed by atoms with van der Waals surface area (Å²) in [5.41, 5.74) is 19.0. The van der Waals surface area contributed by atoms with Gasteiger partial charge >= 0.3 is 0 Å². The number of hydrogen-bond acceptors (Lipinski definition) is 2. The summed E-state index contributed by atoms with van der Waals surface area (Å²) in [5.74, 6) is 0.102. The number of unbranched alkanes of at least 4 members (excludes halogenated alkanes) is 1. The van der Waals surface area contributed by atoms with E-state index in [0.717, 1.165) is 25.7 Å². The Balaban J connectivity index is 0. The van der Waals surface area contributed by atoms with E-state index in [9.17, 15) is 5.11 Å². The number of rotatable bonds is 5. The average Bonchev–Trinajstić information content (AvgIpc) is 2.50. The summed E-state index contributed by atoms with van der Waals surface area (Å²) in [6.45, 7) is 4.10. The van der Waals surface area contributed by atoms with Gasteiger partial charge in [0.2, 0.25) is 0 Å². The van der Waals surface area contributed by atoms with E-state index < -0.39 is 6.10 Å². The van der Waals surface area contributed by atoms with E-state index in [1.807, 2.05) is 6.92 Å². The fourth-order valence-corrected chi connectivity index (χ4v) is 2.74. The van der Waals surface area contributed by atoms with Crippen LogP contribution < -0.4 is 11.5 Å². The SMILES string of the molecule is CCCCC([NH-])C1C(N=C(N)N)CC(C)C1O.[Ac].[Ac]. The number of aliphatic hydroxyl groups is 1. The van der Waals surface area contributed by atoms with E-state index in [1.165, 1.54) is 0 Å². The Morgan fingerprint density at radius 2 is 2.00 bits per heavy atom. The zero-order chi connectivity index (χ0) is 13.0. The van der Waals surface area contributed by atoms with Crippen LogP contribution in [-0.4, -0.2) is 29.3 Å². The van der Waals surface area contributed by atoms with Crippen LogP contribution in [0.3, 0.4) is 0 Å². The van der Waals surface area contributed by atoms with E-state index in [-0.39, 0.29) is 118 Å². The molecule has 0 aromatic heterocycles. The molecule has 5 atom stereocenters. The fourth-order valence-electron chi connectivity index (χ4n) is 2.74. The van der Waals surface area contributed by atoms with E-state index >= 15 is 0 Å². The molecule has 0 amide bonds. The van der Waals surface area contributed by atoms with Crippen LogP contribution in [0.2, 0.25) is 0 Å². The van der Waals surface area contributed by atoms with Gasteiger partial charge in [0, 0.05) is 88.1 Å². The van der Waals surface area contributed by atoms with Crippen molar-refractivity contribution in [3.63, 3.8) is 0 Å². The van der Waals surface area contributed by atoms with Gasteiger partial charge in [-0.15, -0.1) is 6.04 Å². The summed E-state index contributed by atoms with van der Waals surface area (Å²) in [6, 6.07) is -0.368. The number of nitrogens with zero attached hydrogens (tertiary/aromatic N) is 1. The van der Waals surface area contributed by atoms with Crippen LogP contribution in [0.25, 0.3) is 5.73 Å². The van der Waals surface area contributed by atoms with E-state index in [1.54, 1.807) is 0 Å². The maximum absolute atomic E-state index is 10.1. The molecule has 0 aromatic carbocycles. The monoisotopic (exact) mass is 695 g/mol. The second-order valence-corrected chi connectivity index (χ2v) is 5.15. The fraction of sp³-hybridized carbons (Fsp3) is 0.917. The van der Waals surface area contributed by atoms with E-state index in [2.05, 4.69) is 11.9 Å². The summed E-state index contributed by atoms with van der Waals surface area (Å²) >= 11 is 0. The predicted molar refractivity (Wildman–Crippen MR) is 70.5 cm³/mol. The third kappa shape index (κ3) is 7.25. The minimum atomic E-state index is -0.456. The molecule has 6 N–H and O–H groups in total. The van der Waals surface area contributed by atoms with Gasteiger partial charge in [0.05, 0.1) is 12.1 Å². The van der Waals surface area contributed by atoms with Crippen molar-refractivity contribution in [2.45, 2.75) is 57.7 Å². The Bertz CT molecular complexity index is 274. The van der Waals surface area contributed by atoms with Crippen molar-refractivity contribution in [3.05, 3.63) is 5.73 Å². The van der Waals surface area contributed by atoms with Gasteiger partial charge in [0.25, 0.3) is 0 Å². The summed E-state index contributed by atoms with van der Waals surface area (Å²) < 4.78 is 0. The van der Waals surface area contributed by atoms with Crippen molar-refractivity contribution >= 4 is 5.96 Å². The van der Waals surface area contributed by atoms with Crippen LogP contribution in [-0.2, 0) is 0 Å². The van der Waals surface area contributed by atoms with Gasteiger partial charge in [-0.05, 0) is 18.3 Å². The molecule has 106 valence electrons. The molecule has 0 spiro atoms. The summed E-state index contributed by atoms with van der Waals surface area (Å²) in [5, 5.41) is 10.1. The Morgan fingerprint density at radius 3 is 2.47 bits per heavy atom. The van der Waals surface area contributed by atoms with Crippen molar-refractivity contribution in [2.24, 2.45) is 28.3 Å². The van der Waals surface area contributed by atoms with Crippen LogP contribution >= 0.6 is 0 Å². The maximum atomic E-state index is 10.1. The predicted octanol–water partition coefficient (Wildman–Crippen LogP) is 1.26. The zero-order valence-electron chi connectivity index (χ0n) is 11.9. The first kappa shape index (κ1) is 23.3. The van der Waals surface area contributed by atoms with Gasteiger partial charge in [-0.2, -0.15) is 0 Å². The van der Waals surface area contributed by atoms with Crippen LogP contribution in [0.15, 0.2) is 4.99 Å². The molecule has 0 bridgehead atoms. The molecule has 0 saturated heterocycles. The van der Waals surface area contributed by atoms with Crippen LogP contribution in [0.5, 0.6) is 0 Å². The number of guanidine groups is 1. The summed E-state index contributed by atoms with van der Waals surface area (Å²) in [7, 11) is 0. The normalized spacial score (nSPS) is 30.9. The molecule has 1 fully saturated rings. The number of nitrogens with one attached hydrogen (secondary N) is 1. The van der Waals surface area contributed by atoms with Crippen molar-refractivity contribution in [2.75, 3.05) is 0 Å². The van der Waals surface area contributed by atoms with Gasteiger partial charge in [-0.3, -0.25) is 0 Å². The average molecular weight is 695 g/mol. The minimum absolute atomic E-state index is 0. The smallest absolute Gasteiger partial charge is 0.186 e. The first-order chi connectivity index (χ1) is 7.97. The molecule has 2 radical (unpaired) electrons. The Morgan fingerprint density at radius 1 is 1.42 bits per heavy atom. The zero-order valence-corrected chi connectivity index (χ0v) is 21.4. The first-order valence-electron chi connectivity index (χ1n) is 6.45. The largest absolute Gasteiger partial charge is 0.674 e. The Labute approximate surface area is 188 Å². The van der Waals surface area contributed by atoms with E-state index in [4.69, 9.17) is 17.2 Å². The molecular weight excluding hydrogens is 670 g/mol. The van der Waals surface area contributed by atoms with Crippen molar-refractivity contribution < 1.29 is 93.2 Å². The third-order valence-electron chi connectivity index (χ3n) is 3.68. The Hall–Kier alpha value is 2.07. The van der Waals surface area contributed by atoms with Crippen LogP contribution in [0, 0.1) is 100.0 Å². The molecule has 1 aliphatic carbocycles. The van der Waals surface area contributed by atoms with Crippen molar-refractivity contribution in [1.82, 2.24) is 0 Å². The van der Waals surface area contributed by atoms with Gasteiger partial charge in [-0.1, -0.05) is 33.1 Å². The molecule has 7 heteroatoms. The van der Waals surface area contributed by atoms with Crippen LogP contribution in [0.4, 0.5) is 0 Å². The summed E-state index contributed by atoms with van der Waals surface area (Å²) in [4.78, 5) is 4.18. The maximum Gasteiger partial charge on any atom is 0.186 e. The second-order valence-electron chi connectivity index (χ2n) is 5.15. The number of aliphatic hydroxyl groups excluding tert-OH is 1. The van der Waals surface area contributed by atoms with Gasteiger partial charge in [0.1, 0.15) is 0 Å². The first-order valence-corrected chi connectivity index (χ1v) is 6.45. The molecular formula is C12H25Ac2N4O-. The van der Waals surface area contributed by atoms with Gasteiger partial charge in [0.15, 0.2) is 5.96 Å². The van der Waals surface area contributed by atoms with E-state index in [0.29, 0.717) is 0 Å². The van der Waals surface area contributed by atoms with Crippen LogP contribution in [0.1, 0.15) is 39.5 Å². The molecule has 19 heavy (non-hydrogen) atoms. The minimum Gasteiger partial charge on any atom is -0.674 e. The molecule has 0 heterocycles. The van der Waals surface area contributed by atoms with Crippen molar-refractivity contribution in [1.29, 1.82) is 0 Å². The molecule has 0 aliphatic heterocycles. The molecule has 5 nitrogen and oxygen atoms in total. The van der Waals surface area contributed by atoms with Gasteiger partial charge < -0.3 is 22.3 Å². The standard InChI is InChI=1S/C12H25N4O.2Ac/c1-3-4-5-8(13)10-9(16-12(14)15)6-7(2)11(10)17;;/h7-11,13,17H,3-6H2,1-2H3,(H4,14,15,16);;/q-1;;. The number of hydrogen-bond donors (Lipinski definition) is 3. The molecule has 1 aliphatic rings.